The van der Waals surface area contributed by atoms with Gasteiger partial charge < -0.3 is 4.90 Å². The van der Waals surface area contributed by atoms with Gasteiger partial charge in [-0.05, 0) is 60.9 Å². The number of para-hydroxylation sites is 1. The minimum Gasteiger partial charge on any atom is -0.314 e. The van der Waals surface area contributed by atoms with Crippen LogP contribution in [0, 0.1) is 0 Å². The average Bonchev–Trinajstić information content (AvgIpc) is 3.20. The number of benzene rings is 2. The van der Waals surface area contributed by atoms with Crippen molar-refractivity contribution in [2.45, 2.75) is 12.8 Å². The predicted octanol–water partition coefficient (Wildman–Crippen LogP) is 6.60. The number of aldehydes is 1. The third-order valence-corrected chi connectivity index (χ3v) is 5.51. The summed E-state index contributed by atoms with van der Waals surface area (Å²) < 4.78 is 0. The zero-order valence-electron chi connectivity index (χ0n) is 14.3. The molecule has 1 aromatic heterocycles. The van der Waals surface area contributed by atoms with Crippen molar-refractivity contribution in [3.05, 3.63) is 95.5 Å². The second-order valence-corrected chi connectivity index (χ2v) is 7.28. The Kier molecular flexibility index (Phi) is 4.80. The van der Waals surface area contributed by atoms with E-state index < -0.39 is 0 Å². The Morgan fingerprint density at radius 2 is 1.65 bits per heavy atom. The van der Waals surface area contributed by atoms with Crippen LogP contribution in [-0.4, -0.2) is 6.29 Å². The molecule has 0 unspecified atom stereocenters. The number of carbonyl (C=O) groups is 1. The summed E-state index contributed by atoms with van der Waals surface area (Å²) in [6.07, 6.45) is 9.54. The molecule has 0 saturated carbocycles. The number of nitrogens with zero attached hydrogens (tertiary/aromatic N) is 1. The van der Waals surface area contributed by atoms with Gasteiger partial charge in [-0.1, -0.05) is 42.5 Å². The van der Waals surface area contributed by atoms with Crippen LogP contribution in [0.4, 0.5) is 11.4 Å². The molecule has 2 nitrogen and oxygen atoms in total. The maximum Gasteiger partial charge on any atom is 0.160 e. The molecule has 0 aliphatic heterocycles. The Morgan fingerprint density at radius 3 is 2.31 bits per heavy atom. The van der Waals surface area contributed by atoms with Gasteiger partial charge in [0.2, 0.25) is 0 Å². The smallest absolute Gasteiger partial charge is 0.160 e. The first-order chi connectivity index (χ1) is 12.8. The molecule has 0 spiro atoms. The third kappa shape index (κ3) is 3.39. The number of hydrogen-bond donors (Lipinski definition) is 0. The molecule has 0 N–H and O–H groups in total. The van der Waals surface area contributed by atoms with Gasteiger partial charge in [0, 0.05) is 21.9 Å². The molecule has 128 valence electrons. The summed E-state index contributed by atoms with van der Waals surface area (Å²) in [5.41, 5.74) is 4.75. The van der Waals surface area contributed by atoms with Gasteiger partial charge in [-0.15, -0.1) is 11.3 Å². The summed E-state index contributed by atoms with van der Waals surface area (Å²) in [6, 6.07) is 22.9. The first kappa shape index (κ1) is 16.6. The highest BCUT2D eigenvalue weighted by molar-refractivity contribution is 7.17. The van der Waals surface area contributed by atoms with Gasteiger partial charge in [-0.2, -0.15) is 0 Å². The largest absolute Gasteiger partial charge is 0.314 e. The van der Waals surface area contributed by atoms with Crippen LogP contribution in [-0.2, 0) is 0 Å². The van der Waals surface area contributed by atoms with Gasteiger partial charge in [0.1, 0.15) is 0 Å². The molecule has 1 aliphatic rings. The average molecular weight is 357 g/mol. The van der Waals surface area contributed by atoms with Crippen LogP contribution in [0.3, 0.4) is 0 Å². The molecular formula is C23H19NOS. The Bertz CT molecular complexity index is 951. The van der Waals surface area contributed by atoms with E-state index in [1.165, 1.54) is 22.7 Å². The molecule has 4 rings (SSSR count). The Balaban J connectivity index is 1.70. The minimum atomic E-state index is 0.758. The molecule has 0 radical (unpaired) electrons. The van der Waals surface area contributed by atoms with E-state index in [2.05, 4.69) is 71.7 Å². The van der Waals surface area contributed by atoms with Crippen LogP contribution in [0.5, 0.6) is 0 Å². The lowest BCUT2D eigenvalue weighted by Gasteiger charge is -2.29. The first-order valence-electron chi connectivity index (χ1n) is 8.71. The number of allylic oxidation sites excluding steroid dienone is 4. The normalized spacial score (nSPS) is 13.3. The van der Waals surface area contributed by atoms with Crippen molar-refractivity contribution in [1.29, 1.82) is 0 Å². The highest BCUT2D eigenvalue weighted by Crippen LogP contribution is 2.35. The Hall–Kier alpha value is -2.91. The minimum absolute atomic E-state index is 0.758. The number of anilines is 2. The van der Waals surface area contributed by atoms with E-state index in [1.807, 2.05) is 18.2 Å². The summed E-state index contributed by atoms with van der Waals surface area (Å²) in [6.45, 7) is 0. The molecule has 0 fully saturated rings. The predicted molar refractivity (Wildman–Crippen MR) is 110 cm³/mol. The third-order valence-electron chi connectivity index (χ3n) is 4.45. The van der Waals surface area contributed by atoms with Crippen molar-refractivity contribution in [2.75, 3.05) is 4.90 Å². The van der Waals surface area contributed by atoms with Crippen molar-refractivity contribution in [1.82, 2.24) is 0 Å². The number of rotatable bonds is 5. The lowest BCUT2D eigenvalue weighted by Crippen LogP contribution is -2.17. The van der Waals surface area contributed by atoms with Crippen LogP contribution in [0.2, 0.25) is 0 Å². The second kappa shape index (κ2) is 7.54. The molecule has 1 heterocycles. The molecule has 3 aromatic rings. The molecule has 0 atom stereocenters. The topological polar surface area (TPSA) is 20.3 Å². The zero-order chi connectivity index (χ0) is 17.8. The molecule has 0 bridgehead atoms. The maximum atomic E-state index is 10.9. The lowest BCUT2D eigenvalue weighted by molar-refractivity contribution is 0.112. The fourth-order valence-electron chi connectivity index (χ4n) is 3.18. The summed E-state index contributed by atoms with van der Waals surface area (Å²) >= 11 is 1.52. The van der Waals surface area contributed by atoms with Crippen molar-refractivity contribution >= 4 is 29.0 Å². The van der Waals surface area contributed by atoms with Gasteiger partial charge in [0.25, 0.3) is 0 Å². The molecule has 3 heteroatoms. The SMILES string of the molecule is O=Cc1ccc(-c2ccc(N(C3=CC=CCC3)c3ccccc3)cc2)s1. The van der Waals surface area contributed by atoms with Crippen molar-refractivity contribution in [2.24, 2.45) is 0 Å². The highest BCUT2D eigenvalue weighted by atomic mass is 32.1. The zero-order valence-corrected chi connectivity index (χ0v) is 15.2. The molecule has 26 heavy (non-hydrogen) atoms. The van der Waals surface area contributed by atoms with E-state index in [0.29, 0.717) is 0 Å². The lowest BCUT2D eigenvalue weighted by atomic mass is 10.1. The Morgan fingerprint density at radius 1 is 0.885 bits per heavy atom. The fraction of sp³-hybridized carbons (Fsp3) is 0.0870. The van der Waals surface area contributed by atoms with Gasteiger partial charge >= 0.3 is 0 Å². The van der Waals surface area contributed by atoms with Crippen molar-refractivity contribution in [3.8, 4) is 10.4 Å². The van der Waals surface area contributed by atoms with Gasteiger partial charge in [-0.25, -0.2) is 0 Å². The highest BCUT2D eigenvalue weighted by Gasteiger charge is 2.15. The van der Waals surface area contributed by atoms with E-state index >= 15 is 0 Å². The van der Waals surface area contributed by atoms with Gasteiger partial charge in [-0.3, -0.25) is 4.79 Å². The fourth-order valence-corrected chi connectivity index (χ4v) is 4.01. The standard InChI is InChI=1S/C23H19NOS/c25-17-22-15-16-23(26-22)18-11-13-21(14-12-18)24(19-7-3-1-4-8-19)20-9-5-2-6-10-20/h1-5,7-9,11-17H,6,10H2. The van der Waals surface area contributed by atoms with Crippen LogP contribution in [0.15, 0.2) is 90.7 Å². The van der Waals surface area contributed by atoms with Crippen LogP contribution < -0.4 is 4.90 Å². The van der Waals surface area contributed by atoms with Crippen LogP contribution >= 0.6 is 11.3 Å². The molecule has 1 aliphatic carbocycles. The first-order valence-corrected chi connectivity index (χ1v) is 9.53. The summed E-state index contributed by atoms with van der Waals surface area (Å²) in [4.78, 5) is 15.1. The molecule has 0 amide bonds. The number of hydrogen-bond acceptors (Lipinski definition) is 3. The van der Waals surface area contributed by atoms with Gasteiger partial charge in [0.05, 0.1) is 4.88 Å². The Labute approximate surface area is 157 Å². The van der Waals surface area contributed by atoms with Gasteiger partial charge in [0.15, 0.2) is 6.29 Å². The van der Waals surface area contributed by atoms with Crippen LogP contribution in [0.1, 0.15) is 22.5 Å². The van der Waals surface area contributed by atoms with E-state index in [1.54, 1.807) is 0 Å². The van der Waals surface area contributed by atoms with Crippen molar-refractivity contribution in [3.63, 3.8) is 0 Å². The summed E-state index contributed by atoms with van der Waals surface area (Å²) in [5.74, 6) is 0. The maximum absolute atomic E-state index is 10.9. The van der Waals surface area contributed by atoms with Crippen LogP contribution in [0.25, 0.3) is 10.4 Å². The number of thiophene rings is 1. The molecular weight excluding hydrogens is 338 g/mol. The molecule has 2 aromatic carbocycles. The monoisotopic (exact) mass is 357 g/mol. The summed E-state index contributed by atoms with van der Waals surface area (Å²) in [7, 11) is 0. The van der Waals surface area contributed by atoms with Crippen molar-refractivity contribution < 1.29 is 4.79 Å². The van der Waals surface area contributed by atoms with E-state index in [0.717, 1.165) is 40.1 Å². The summed E-state index contributed by atoms with van der Waals surface area (Å²) in [5, 5.41) is 0. The van der Waals surface area contributed by atoms with E-state index in [9.17, 15) is 4.79 Å². The second-order valence-electron chi connectivity index (χ2n) is 6.16. The van der Waals surface area contributed by atoms with E-state index in [4.69, 9.17) is 0 Å². The van der Waals surface area contributed by atoms with E-state index in [-0.39, 0.29) is 0 Å². The number of carbonyl (C=O) groups excluding carboxylic acids is 1. The molecule has 0 saturated heterocycles. The quantitative estimate of drug-likeness (QED) is 0.479.